The van der Waals surface area contributed by atoms with Gasteiger partial charge in [0.05, 0.1) is 6.61 Å². The zero-order valence-corrected chi connectivity index (χ0v) is 11.6. The van der Waals surface area contributed by atoms with Crippen LogP contribution in [0, 0.1) is 5.92 Å². The van der Waals surface area contributed by atoms with E-state index in [-0.39, 0.29) is 12.0 Å². The van der Waals surface area contributed by atoms with Crippen molar-refractivity contribution < 1.29 is 9.53 Å². The molecule has 1 saturated heterocycles. The fraction of sp³-hybridized carbons (Fsp3) is 0.929. The third-order valence-electron chi connectivity index (χ3n) is 3.61. The van der Waals surface area contributed by atoms with E-state index in [0.717, 1.165) is 31.8 Å². The van der Waals surface area contributed by atoms with E-state index in [2.05, 4.69) is 18.7 Å². The Hall–Kier alpha value is -0.570. The first-order valence-electron chi connectivity index (χ1n) is 7.09. The van der Waals surface area contributed by atoms with E-state index in [1.165, 1.54) is 19.3 Å². The molecule has 0 bridgehead atoms. The van der Waals surface area contributed by atoms with Crippen LogP contribution in [0.15, 0.2) is 0 Å². The summed E-state index contributed by atoms with van der Waals surface area (Å²) in [6.07, 6.45) is 5.67. The molecular formula is C14H27NO2. The largest absolute Gasteiger partial charge is 0.465 e. The Morgan fingerprint density at radius 3 is 2.76 bits per heavy atom. The summed E-state index contributed by atoms with van der Waals surface area (Å²) < 4.78 is 5.20. The monoisotopic (exact) mass is 241 g/mol. The Bertz CT molecular complexity index is 230. The lowest BCUT2D eigenvalue weighted by molar-refractivity contribution is -0.149. The molecule has 0 radical (unpaired) electrons. The minimum Gasteiger partial charge on any atom is -0.465 e. The molecule has 1 aliphatic rings. The number of carbonyl (C=O) groups is 1. The second-order valence-electron chi connectivity index (χ2n) is 5.13. The maximum absolute atomic E-state index is 12.0. The van der Waals surface area contributed by atoms with Crippen molar-refractivity contribution in [2.45, 2.75) is 58.9 Å². The Morgan fingerprint density at radius 2 is 2.12 bits per heavy atom. The highest BCUT2D eigenvalue weighted by Gasteiger charge is 2.27. The molecule has 2 unspecified atom stereocenters. The molecule has 1 fully saturated rings. The van der Waals surface area contributed by atoms with Crippen LogP contribution in [0.25, 0.3) is 0 Å². The van der Waals surface area contributed by atoms with E-state index in [1.54, 1.807) is 0 Å². The molecule has 0 aliphatic carbocycles. The van der Waals surface area contributed by atoms with Crippen LogP contribution in [0.5, 0.6) is 0 Å². The van der Waals surface area contributed by atoms with Crippen molar-refractivity contribution in [1.29, 1.82) is 0 Å². The number of likely N-dealkylation sites (tertiary alicyclic amines) is 1. The summed E-state index contributed by atoms with van der Waals surface area (Å²) in [5.74, 6) is 0.772. The number of hydrogen-bond acceptors (Lipinski definition) is 3. The minimum atomic E-state index is -0.0242. The average molecular weight is 241 g/mol. The van der Waals surface area contributed by atoms with Crippen LogP contribution in [-0.2, 0) is 9.53 Å². The predicted molar refractivity (Wildman–Crippen MR) is 69.9 cm³/mol. The molecule has 0 saturated carbocycles. The van der Waals surface area contributed by atoms with Crippen molar-refractivity contribution in [3.63, 3.8) is 0 Å². The maximum Gasteiger partial charge on any atom is 0.323 e. The molecule has 0 N–H and O–H groups in total. The van der Waals surface area contributed by atoms with E-state index < -0.39 is 0 Å². The average Bonchev–Trinajstić information content (AvgIpc) is 2.51. The van der Waals surface area contributed by atoms with Crippen molar-refractivity contribution in [3.05, 3.63) is 0 Å². The molecule has 3 heteroatoms. The highest BCUT2D eigenvalue weighted by molar-refractivity contribution is 5.75. The number of rotatable bonds is 5. The van der Waals surface area contributed by atoms with Crippen molar-refractivity contribution >= 4 is 5.97 Å². The molecule has 1 rings (SSSR count). The number of esters is 1. The van der Waals surface area contributed by atoms with Gasteiger partial charge in [0.1, 0.15) is 6.04 Å². The third kappa shape index (κ3) is 4.66. The van der Waals surface area contributed by atoms with Crippen molar-refractivity contribution in [2.24, 2.45) is 5.92 Å². The van der Waals surface area contributed by atoms with Gasteiger partial charge >= 0.3 is 5.97 Å². The van der Waals surface area contributed by atoms with Gasteiger partial charge in [-0.15, -0.1) is 0 Å². The highest BCUT2D eigenvalue weighted by Crippen LogP contribution is 2.20. The molecule has 0 aromatic heterocycles. The molecule has 0 aromatic rings. The van der Waals surface area contributed by atoms with Gasteiger partial charge in [-0.25, -0.2) is 0 Å². The SMILES string of the molecule is CCCC(C(=O)OCC)N1CCCC(C)CC1. The van der Waals surface area contributed by atoms with Gasteiger partial charge in [-0.1, -0.05) is 20.3 Å². The first kappa shape index (κ1) is 14.5. The first-order valence-corrected chi connectivity index (χ1v) is 7.09. The molecule has 1 aliphatic heterocycles. The van der Waals surface area contributed by atoms with Crippen LogP contribution in [0.3, 0.4) is 0 Å². The highest BCUT2D eigenvalue weighted by atomic mass is 16.5. The van der Waals surface area contributed by atoms with Crippen molar-refractivity contribution in [2.75, 3.05) is 19.7 Å². The quantitative estimate of drug-likeness (QED) is 0.693. The van der Waals surface area contributed by atoms with Crippen LogP contribution < -0.4 is 0 Å². The second kappa shape index (κ2) is 7.70. The number of nitrogens with zero attached hydrogens (tertiary/aromatic N) is 1. The Morgan fingerprint density at radius 1 is 1.35 bits per heavy atom. The molecular weight excluding hydrogens is 214 g/mol. The molecule has 3 nitrogen and oxygen atoms in total. The van der Waals surface area contributed by atoms with Gasteiger partial charge in [0.2, 0.25) is 0 Å². The van der Waals surface area contributed by atoms with Crippen LogP contribution in [0.4, 0.5) is 0 Å². The van der Waals surface area contributed by atoms with Crippen molar-refractivity contribution in [1.82, 2.24) is 4.90 Å². The summed E-state index contributed by atoms with van der Waals surface area (Å²) in [4.78, 5) is 14.3. The van der Waals surface area contributed by atoms with Gasteiger partial charge < -0.3 is 4.74 Å². The zero-order chi connectivity index (χ0) is 12.7. The number of ether oxygens (including phenoxy) is 1. The molecule has 0 amide bonds. The van der Waals surface area contributed by atoms with Gasteiger partial charge in [0.25, 0.3) is 0 Å². The Balaban J connectivity index is 2.58. The lowest BCUT2D eigenvalue weighted by atomic mass is 10.0. The summed E-state index contributed by atoms with van der Waals surface area (Å²) in [6.45, 7) is 8.91. The van der Waals surface area contributed by atoms with Crippen LogP contribution in [-0.4, -0.2) is 36.6 Å². The Kier molecular flexibility index (Phi) is 6.56. The van der Waals surface area contributed by atoms with Crippen molar-refractivity contribution in [3.8, 4) is 0 Å². The first-order chi connectivity index (χ1) is 8.19. The van der Waals surface area contributed by atoms with Crippen LogP contribution in [0.2, 0.25) is 0 Å². The maximum atomic E-state index is 12.0. The van der Waals surface area contributed by atoms with E-state index in [1.807, 2.05) is 6.92 Å². The normalized spacial score (nSPS) is 24.1. The van der Waals surface area contributed by atoms with Gasteiger partial charge in [-0.2, -0.15) is 0 Å². The molecule has 1 heterocycles. The topological polar surface area (TPSA) is 29.5 Å². The minimum absolute atomic E-state index is 0.00903. The summed E-state index contributed by atoms with van der Waals surface area (Å²) in [5, 5.41) is 0. The van der Waals surface area contributed by atoms with E-state index in [9.17, 15) is 4.79 Å². The lowest BCUT2D eigenvalue weighted by Crippen LogP contribution is -2.42. The zero-order valence-electron chi connectivity index (χ0n) is 11.6. The summed E-state index contributed by atoms with van der Waals surface area (Å²) >= 11 is 0. The van der Waals surface area contributed by atoms with Gasteiger partial charge in [0, 0.05) is 0 Å². The molecule has 0 aromatic carbocycles. The Labute approximate surface area is 106 Å². The smallest absolute Gasteiger partial charge is 0.323 e. The second-order valence-corrected chi connectivity index (χ2v) is 5.13. The molecule has 17 heavy (non-hydrogen) atoms. The van der Waals surface area contributed by atoms with Gasteiger partial charge in [-0.3, -0.25) is 9.69 Å². The van der Waals surface area contributed by atoms with Gasteiger partial charge in [0.15, 0.2) is 0 Å². The fourth-order valence-electron chi connectivity index (χ4n) is 2.56. The molecule has 0 spiro atoms. The summed E-state index contributed by atoms with van der Waals surface area (Å²) in [6, 6.07) is -0.00903. The number of hydrogen-bond donors (Lipinski definition) is 0. The van der Waals surface area contributed by atoms with E-state index in [4.69, 9.17) is 4.74 Å². The van der Waals surface area contributed by atoms with E-state index in [0.29, 0.717) is 6.61 Å². The van der Waals surface area contributed by atoms with E-state index >= 15 is 0 Å². The third-order valence-corrected chi connectivity index (χ3v) is 3.61. The predicted octanol–water partition coefficient (Wildman–Crippen LogP) is 2.84. The standard InChI is InChI=1S/C14H27NO2/c1-4-7-13(14(16)17-5-2)15-10-6-8-12(3)9-11-15/h12-13H,4-11H2,1-3H3. The number of carbonyl (C=O) groups excluding carboxylic acids is 1. The fourth-order valence-corrected chi connectivity index (χ4v) is 2.56. The van der Waals surface area contributed by atoms with Crippen LogP contribution >= 0.6 is 0 Å². The summed E-state index contributed by atoms with van der Waals surface area (Å²) in [7, 11) is 0. The lowest BCUT2D eigenvalue weighted by Gasteiger charge is -2.28. The summed E-state index contributed by atoms with van der Waals surface area (Å²) in [5.41, 5.74) is 0. The molecule has 2 atom stereocenters. The molecule has 100 valence electrons. The van der Waals surface area contributed by atoms with Crippen LogP contribution in [0.1, 0.15) is 52.9 Å². The van der Waals surface area contributed by atoms with Gasteiger partial charge in [-0.05, 0) is 51.6 Å².